The first-order chi connectivity index (χ1) is 11.2. The van der Waals surface area contributed by atoms with Crippen LogP contribution in [0.2, 0.25) is 0 Å². The van der Waals surface area contributed by atoms with Gasteiger partial charge in [0.2, 0.25) is 5.91 Å². The van der Waals surface area contributed by atoms with Gasteiger partial charge in [-0.15, -0.1) is 0 Å². The number of piperidine rings is 1. The molecule has 0 N–H and O–H groups in total. The Bertz CT molecular complexity index is 505. The van der Waals surface area contributed by atoms with Crippen molar-refractivity contribution in [1.82, 2.24) is 14.8 Å². The Balaban J connectivity index is 1.55. The highest BCUT2D eigenvalue weighted by atomic mass is 16.5. The molecule has 0 aliphatic carbocycles. The zero-order chi connectivity index (χ0) is 16.1. The zero-order valence-corrected chi connectivity index (χ0v) is 13.9. The highest BCUT2D eigenvalue weighted by molar-refractivity contribution is 5.78. The minimum atomic E-state index is 0.208. The summed E-state index contributed by atoms with van der Waals surface area (Å²) >= 11 is 0. The highest BCUT2D eigenvalue weighted by Crippen LogP contribution is 2.20. The molecule has 0 bridgehead atoms. The number of morpholine rings is 1. The van der Waals surface area contributed by atoms with Gasteiger partial charge in [-0.25, -0.2) is 4.98 Å². The minimum Gasteiger partial charge on any atom is -0.379 e. The Kier molecular flexibility index (Phi) is 5.46. The summed E-state index contributed by atoms with van der Waals surface area (Å²) in [5.74, 6) is 1.21. The quantitative estimate of drug-likeness (QED) is 0.823. The lowest BCUT2D eigenvalue weighted by Gasteiger charge is -2.39. The monoisotopic (exact) mass is 318 g/mol. The third kappa shape index (κ3) is 4.20. The lowest BCUT2D eigenvalue weighted by Crippen LogP contribution is -2.52. The molecule has 6 nitrogen and oxygen atoms in total. The van der Waals surface area contributed by atoms with Gasteiger partial charge in [0.1, 0.15) is 5.82 Å². The van der Waals surface area contributed by atoms with Crippen molar-refractivity contribution in [3.8, 4) is 0 Å². The van der Waals surface area contributed by atoms with Crippen molar-refractivity contribution >= 4 is 11.7 Å². The molecule has 6 heteroatoms. The largest absolute Gasteiger partial charge is 0.379 e. The van der Waals surface area contributed by atoms with Crippen molar-refractivity contribution in [2.75, 3.05) is 57.9 Å². The van der Waals surface area contributed by atoms with E-state index in [9.17, 15) is 4.79 Å². The van der Waals surface area contributed by atoms with Gasteiger partial charge in [0.15, 0.2) is 0 Å². The number of nitrogens with zero attached hydrogens (tertiary/aromatic N) is 4. The molecule has 1 atom stereocenters. The average Bonchev–Trinajstić information content (AvgIpc) is 2.63. The van der Waals surface area contributed by atoms with E-state index in [0.717, 1.165) is 58.1 Å². The highest BCUT2D eigenvalue weighted by Gasteiger charge is 2.27. The van der Waals surface area contributed by atoms with Crippen LogP contribution in [-0.4, -0.2) is 79.7 Å². The van der Waals surface area contributed by atoms with Crippen molar-refractivity contribution in [3.63, 3.8) is 0 Å². The van der Waals surface area contributed by atoms with E-state index in [2.05, 4.69) is 14.8 Å². The van der Waals surface area contributed by atoms with Gasteiger partial charge in [0.05, 0.1) is 19.8 Å². The molecule has 3 heterocycles. The Morgan fingerprint density at radius 2 is 2.17 bits per heavy atom. The van der Waals surface area contributed by atoms with E-state index in [0.29, 0.717) is 6.54 Å². The van der Waals surface area contributed by atoms with Crippen LogP contribution in [0.4, 0.5) is 5.82 Å². The summed E-state index contributed by atoms with van der Waals surface area (Å²) in [4.78, 5) is 23.4. The molecule has 126 valence electrons. The van der Waals surface area contributed by atoms with Crippen molar-refractivity contribution in [2.45, 2.75) is 18.9 Å². The van der Waals surface area contributed by atoms with Gasteiger partial charge < -0.3 is 14.5 Å². The van der Waals surface area contributed by atoms with E-state index in [4.69, 9.17) is 4.74 Å². The lowest BCUT2D eigenvalue weighted by molar-refractivity contribution is -0.134. The fraction of sp³-hybridized carbons (Fsp3) is 0.647. The summed E-state index contributed by atoms with van der Waals surface area (Å²) in [6, 6.07) is 6.25. The van der Waals surface area contributed by atoms with E-state index in [1.807, 2.05) is 36.3 Å². The second-order valence-corrected chi connectivity index (χ2v) is 6.32. The van der Waals surface area contributed by atoms with Gasteiger partial charge >= 0.3 is 0 Å². The summed E-state index contributed by atoms with van der Waals surface area (Å²) in [7, 11) is 1.94. The van der Waals surface area contributed by atoms with Crippen molar-refractivity contribution < 1.29 is 9.53 Å². The van der Waals surface area contributed by atoms with E-state index in [1.165, 1.54) is 0 Å². The fourth-order valence-electron chi connectivity index (χ4n) is 3.29. The van der Waals surface area contributed by atoms with Gasteiger partial charge in [-0.05, 0) is 25.0 Å². The second kappa shape index (κ2) is 7.75. The number of rotatable bonds is 4. The first-order valence-electron chi connectivity index (χ1n) is 8.46. The van der Waals surface area contributed by atoms with Crippen LogP contribution in [-0.2, 0) is 9.53 Å². The van der Waals surface area contributed by atoms with Crippen LogP contribution in [0.25, 0.3) is 0 Å². The van der Waals surface area contributed by atoms with Gasteiger partial charge in [0, 0.05) is 45.5 Å². The molecule has 1 amide bonds. The van der Waals surface area contributed by atoms with Crippen molar-refractivity contribution in [2.24, 2.45) is 0 Å². The standard InChI is InChI=1S/C17H26N4O2/c1-19(17(22)14-20-9-11-23-12-10-20)15-5-4-8-21(13-15)16-6-2-3-7-18-16/h2-3,6-7,15H,4-5,8-14H2,1H3/t15-/m1/s1. The van der Waals surface area contributed by atoms with Gasteiger partial charge in [-0.2, -0.15) is 0 Å². The molecule has 0 spiro atoms. The number of carbonyl (C=O) groups excluding carboxylic acids is 1. The predicted octanol–water partition coefficient (Wildman–Crippen LogP) is 0.841. The Labute approximate surface area is 138 Å². The number of ether oxygens (including phenoxy) is 1. The van der Waals surface area contributed by atoms with Crippen LogP contribution < -0.4 is 4.90 Å². The van der Waals surface area contributed by atoms with Crippen LogP contribution in [0.5, 0.6) is 0 Å². The van der Waals surface area contributed by atoms with Crippen LogP contribution in [0.1, 0.15) is 12.8 Å². The van der Waals surface area contributed by atoms with Crippen molar-refractivity contribution in [3.05, 3.63) is 24.4 Å². The molecule has 23 heavy (non-hydrogen) atoms. The van der Waals surface area contributed by atoms with E-state index in [1.54, 1.807) is 0 Å². The zero-order valence-electron chi connectivity index (χ0n) is 13.9. The Hall–Kier alpha value is -1.66. The molecule has 1 aromatic heterocycles. The Morgan fingerprint density at radius 1 is 1.35 bits per heavy atom. The molecular formula is C17H26N4O2. The third-order valence-corrected chi connectivity index (χ3v) is 4.77. The van der Waals surface area contributed by atoms with Crippen LogP contribution in [0.15, 0.2) is 24.4 Å². The molecular weight excluding hydrogens is 292 g/mol. The molecule has 2 aliphatic heterocycles. The number of hydrogen-bond donors (Lipinski definition) is 0. The van der Waals surface area contributed by atoms with Crippen LogP contribution in [0.3, 0.4) is 0 Å². The fourth-order valence-corrected chi connectivity index (χ4v) is 3.29. The van der Waals surface area contributed by atoms with Crippen LogP contribution in [0, 0.1) is 0 Å². The molecule has 0 unspecified atom stereocenters. The normalized spacial score (nSPS) is 22.8. The molecule has 2 saturated heterocycles. The number of aromatic nitrogens is 1. The van der Waals surface area contributed by atoms with Gasteiger partial charge in [-0.1, -0.05) is 6.07 Å². The minimum absolute atomic E-state index is 0.208. The summed E-state index contributed by atoms with van der Waals surface area (Å²) < 4.78 is 5.34. The Morgan fingerprint density at radius 3 is 2.91 bits per heavy atom. The number of likely N-dealkylation sites (N-methyl/N-ethyl adjacent to an activating group) is 1. The van der Waals surface area contributed by atoms with Crippen molar-refractivity contribution in [1.29, 1.82) is 0 Å². The molecule has 3 rings (SSSR count). The molecule has 2 aliphatic rings. The summed E-state index contributed by atoms with van der Waals surface area (Å²) in [6.07, 6.45) is 3.98. The number of anilines is 1. The second-order valence-electron chi connectivity index (χ2n) is 6.32. The maximum atomic E-state index is 12.6. The molecule has 1 aromatic rings. The van der Waals surface area contributed by atoms with E-state index < -0.39 is 0 Å². The number of pyridine rings is 1. The lowest BCUT2D eigenvalue weighted by atomic mass is 10.0. The number of hydrogen-bond acceptors (Lipinski definition) is 5. The van der Waals surface area contributed by atoms with Gasteiger partial charge in [0.25, 0.3) is 0 Å². The molecule has 0 saturated carbocycles. The van der Waals surface area contributed by atoms with Crippen LogP contribution >= 0.6 is 0 Å². The first kappa shape index (κ1) is 16.2. The summed E-state index contributed by atoms with van der Waals surface area (Å²) in [5.41, 5.74) is 0. The SMILES string of the molecule is CN(C(=O)CN1CCOCC1)[C@@H]1CCCN(c2ccccn2)C1. The van der Waals surface area contributed by atoms with Gasteiger partial charge in [-0.3, -0.25) is 9.69 Å². The average molecular weight is 318 g/mol. The van der Waals surface area contributed by atoms with E-state index in [-0.39, 0.29) is 11.9 Å². The summed E-state index contributed by atoms with van der Waals surface area (Å²) in [6.45, 7) is 5.54. The van der Waals surface area contributed by atoms with E-state index >= 15 is 0 Å². The summed E-state index contributed by atoms with van der Waals surface area (Å²) in [5, 5.41) is 0. The smallest absolute Gasteiger partial charge is 0.236 e. The number of carbonyl (C=O) groups is 1. The number of amides is 1. The maximum absolute atomic E-state index is 12.6. The predicted molar refractivity (Wildman–Crippen MR) is 89.5 cm³/mol. The maximum Gasteiger partial charge on any atom is 0.236 e. The third-order valence-electron chi connectivity index (χ3n) is 4.77. The topological polar surface area (TPSA) is 48.9 Å². The molecule has 0 radical (unpaired) electrons. The first-order valence-corrected chi connectivity index (χ1v) is 8.46. The molecule has 0 aromatic carbocycles. The molecule has 2 fully saturated rings.